The normalized spacial score (nSPS) is 11.2. The fraction of sp³-hybridized carbons (Fsp3) is 0.263. The summed E-state index contributed by atoms with van der Waals surface area (Å²) >= 11 is 0. The quantitative estimate of drug-likeness (QED) is 0.759. The summed E-state index contributed by atoms with van der Waals surface area (Å²) in [6.45, 7) is 3.11. The molecule has 2 aromatic rings. The van der Waals surface area contributed by atoms with Gasteiger partial charge in [0.05, 0.1) is 17.2 Å². The van der Waals surface area contributed by atoms with Crippen LogP contribution >= 0.6 is 0 Å². The molecule has 0 heterocycles. The van der Waals surface area contributed by atoms with Crippen LogP contribution in [0, 0.1) is 0 Å². The number of halogens is 3. The number of amides is 1. The molecule has 0 bridgehead atoms. The van der Waals surface area contributed by atoms with Crippen LogP contribution in [0.2, 0.25) is 0 Å². The summed E-state index contributed by atoms with van der Waals surface area (Å²) in [6.07, 6.45) is -4.66. The van der Waals surface area contributed by atoms with Crippen molar-refractivity contribution in [1.29, 1.82) is 0 Å². The maximum Gasteiger partial charge on any atom is 0.416 e. The van der Waals surface area contributed by atoms with Crippen LogP contribution in [0.1, 0.15) is 29.8 Å². The number of hydrogen-bond acceptors (Lipinski definition) is 4. The van der Waals surface area contributed by atoms with Gasteiger partial charge in [0.1, 0.15) is 5.75 Å². The Morgan fingerprint density at radius 3 is 2.11 bits per heavy atom. The van der Waals surface area contributed by atoms with Crippen molar-refractivity contribution in [3.63, 3.8) is 0 Å². The lowest BCUT2D eigenvalue weighted by Crippen LogP contribution is -2.20. The molecule has 8 heteroatoms. The van der Waals surface area contributed by atoms with Crippen molar-refractivity contribution in [2.24, 2.45) is 0 Å². The molecule has 144 valence electrons. The van der Waals surface area contributed by atoms with Gasteiger partial charge >= 0.3 is 12.1 Å². The van der Waals surface area contributed by atoms with Crippen molar-refractivity contribution in [3.05, 3.63) is 59.7 Å². The van der Waals surface area contributed by atoms with Gasteiger partial charge in [0.25, 0.3) is 5.91 Å². The van der Waals surface area contributed by atoms with Crippen molar-refractivity contribution in [2.45, 2.75) is 26.1 Å². The van der Waals surface area contributed by atoms with Crippen molar-refractivity contribution < 1.29 is 32.2 Å². The zero-order valence-electron chi connectivity index (χ0n) is 14.7. The number of benzene rings is 2. The molecule has 0 atom stereocenters. The second-order valence-corrected chi connectivity index (χ2v) is 5.89. The van der Waals surface area contributed by atoms with Gasteiger partial charge in [-0.05, 0) is 62.4 Å². The molecule has 0 aliphatic heterocycles. The SMILES string of the molecule is CC(C)OC(=O)c1ccc(NC(=O)COc2ccc(C(F)(F)F)cc2)cc1. The topological polar surface area (TPSA) is 64.6 Å². The number of rotatable bonds is 6. The van der Waals surface area contributed by atoms with Crippen LogP contribution in [0.5, 0.6) is 5.75 Å². The summed E-state index contributed by atoms with van der Waals surface area (Å²) < 4.78 is 47.7. The fourth-order valence-corrected chi connectivity index (χ4v) is 2.06. The summed E-state index contributed by atoms with van der Waals surface area (Å²) in [6, 6.07) is 10.1. The minimum atomic E-state index is -4.43. The van der Waals surface area contributed by atoms with Crippen LogP contribution in [0.15, 0.2) is 48.5 Å². The summed E-state index contributed by atoms with van der Waals surface area (Å²) in [5.41, 5.74) is -0.00444. The van der Waals surface area contributed by atoms with Crippen LogP contribution in [-0.4, -0.2) is 24.6 Å². The molecule has 0 saturated heterocycles. The van der Waals surface area contributed by atoms with Gasteiger partial charge in [-0.1, -0.05) is 0 Å². The maximum atomic E-state index is 12.5. The molecule has 0 aliphatic carbocycles. The summed E-state index contributed by atoms with van der Waals surface area (Å²) in [7, 11) is 0. The van der Waals surface area contributed by atoms with E-state index in [9.17, 15) is 22.8 Å². The third-order valence-corrected chi connectivity index (χ3v) is 3.30. The van der Waals surface area contributed by atoms with Gasteiger partial charge in [-0.15, -0.1) is 0 Å². The largest absolute Gasteiger partial charge is 0.484 e. The van der Waals surface area contributed by atoms with E-state index in [2.05, 4.69) is 5.32 Å². The highest BCUT2D eigenvalue weighted by Gasteiger charge is 2.30. The predicted octanol–water partition coefficient (Wildman–Crippen LogP) is 4.29. The van der Waals surface area contributed by atoms with Gasteiger partial charge in [-0.25, -0.2) is 4.79 Å². The first-order valence-corrected chi connectivity index (χ1v) is 8.06. The van der Waals surface area contributed by atoms with Gasteiger partial charge < -0.3 is 14.8 Å². The average Bonchev–Trinajstić information content (AvgIpc) is 2.59. The van der Waals surface area contributed by atoms with Crippen LogP contribution < -0.4 is 10.1 Å². The third-order valence-electron chi connectivity index (χ3n) is 3.30. The number of carbonyl (C=O) groups excluding carboxylic acids is 2. The van der Waals surface area contributed by atoms with E-state index >= 15 is 0 Å². The number of nitrogens with one attached hydrogen (secondary N) is 1. The molecule has 2 aromatic carbocycles. The second-order valence-electron chi connectivity index (χ2n) is 5.89. The smallest absolute Gasteiger partial charge is 0.416 e. The average molecular weight is 381 g/mol. The Balaban J connectivity index is 1.86. The fourth-order valence-electron chi connectivity index (χ4n) is 2.06. The van der Waals surface area contributed by atoms with E-state index in [1.54, 1.807) is 13.8 Å². The first-order chi connectivity index (χ1) is 12.6. The van der Waals surface area contributed by atoms with E-state index < -0.39 is 23.6 Å². The zero-order chi connectivity index (χ0) is 20.0. The van der Waals surface area contributed by atoms with Gasteiger partial charge in [0.15, 0.2) is 6.61 Å². The van der Waals surface area contributed by atoms with E-state index in [1.165, 1.54) is 24.3 Å². The van der Waals surface area contributed by atoms with Gasteiger partial charge in [0.2, 0.25) is 0 Å². The number of carbonyl (C=O) groups is 2. The first-order valence-electron chi connectivity index (χ1n) is 8.06. The monoisotopic (exact) mass is 381 g/mol. The minimum absolute atomic E-state index is 0.143. The molecular weight excluding hydrogens is 363 g/mol. The highest BCUT2D eigenvalue weighted by Crippen LogP contribution is 2.30. The lowest BCUT2D eigenvalue weighted by molar-refractivity contribution is -0.137. The standard InChI is InChI=1S/C19H18F3NO4/c1-12(2)27-18(25)13-3-7-15(8-4-13)23-17(24)11-26-16-9-5-14(6-10-16)19(20,21)22/h3-10,12H,11H2,1-2H3,(H,23,24). The van der Waals surface area contributed by atoms with Crippen LogP contribution in [-0.2, 0) is 15.7 Å². The van der Waals surface area contributed by atoms with Gasteiger partial charge in [-0.3, -0.25) is 4.79 Å². The van der Waals surface area contributed by atoms with Gasteiger partial charge in [-0.2, -0.15) is 13.2 Å². The van der Waals surface area contributed by atoms with Crippen molar-refractivity contribution in [1.82, 2.24) is 0 Å². The molecule has 0 unspecified atom stereocenters. The molecule has 0 spiro atoms. The molecule has 1 N–H and O–H groups in total. The number of esters is 1. The molecule has 0 aliphatic rings. The van der Waals surface area contributed by atoms with Crippen LogP contribution in [0.25, 0.3) is 0 Å². The Labute approximate surface area is 154 Å². The van der Waals surface area contributed by atoms with E-state index in [0.717, 1.165) is 24.3 Å². The Hall–Kier alpha value is -3.03. The predicted molar refractivity (Wildman–Crippen MR) is 92.6 cm³/mol. The molecule has 0 radical (unpaired) electrons. The number of anilines is 1. The van der Waals surface area contributed by atoms with Crippen molar-refractivity contribution in [3.8, 4) is 5.75 Å². The van der Waals surface area contributed by atoms with Crippen LogP contribution in [0.4, 0.5) is 18.9 Å². The summed E-state index contributed by atoms with van der Waals surface area (Å²) in [5.74, 6) is -0.814. The molecule has 0 saturated carbocycles. The molecule has 27 heavy (non-hydrogen) atoms. The third kappa shape index (κ3) is 6.32. The molecular formula is C19H18F3NO4. The summed E-state index contributed by atoms with van der Waals surface area (Å²) in [5, 5.41) is 2.56. The molecule has 2 rings (SSSR count). The maximum absolute atomic E-state index is 12.5. The Kier molecular flexibility index (Phi) is 6.44. The zero-order valence-corrected chi connectivity index (χ0v) is 14.7. The minimum Gasteiger partial charge on any atom is -0.484 e. The van der Waals surface area contributed by atoms with E-state index in [1.807, 2.05) is 0 Å². The van der Waals surface area contributed by atoms with E-state index in [0.29, 0.717) is 11.3 Å². The highest BCUT2D eigenvalue weighted by molar-refractivity contribution is 5.93. The Morgan fingerprint density at radius 2 is 1.59 bits per heavy atom. The van der Waals surface area contributed by atoms with E-state index in [4.69, 9.17) is 9.47 Å². The van der Waals surface area contributed by atoms with Crippen molar-refractivity contribution in [2.75, 3.05) is 11.9 Å². The Morgan fingerprint density at radius 1 is 1.00 bits per heavy atom. The highest BCUT2D eigenvalue weighted by atomic mass is 19.4. The number of hydrogen-bond donors (Lipinski definition) is 1. The molecule has 0 aromatic heterocycles. The summed E-state index contributed by atoms with van der Waals surface area (Å²) in [4.78, 5) is 23.6. The lowest BCUT2D eigenvalue weighted by atomic mass is 10.2. The van der Waals surface area contributed by atoms with Gasteiger partial charge in [0, 0.05) is 5.69 Å². The molecule has 5 nitrogen and oxygen atoms in total. The Bertz CT molecular complexity index is 784. The number of ether oxygens (including phenoxy) is 2. The number of alkyl halides is 3. The lowest BCUT2D eigenvalue weighted by Gasteiger charge is -2.10. The molecule has 1 amide bonds. The molecule has 0 fully saturated rings. The first kappa shape index (κ1) is 20.3. The second kappa shape index (κ2) is 8.57. The van der Waals surface area contributed by atoms with Crippen molar-refractivity contribution >= 4 is 17.6 Å². The van der Waals surface area contributed by atoms with E-state index in [-0.39, 0.29) is 18.5 Å². The van der Waals surface area contributed by atoms with Crippen LogP contribution in [0.3, 0.4) is 0 Å².